The van der Waals surface area contributed by atoms with Gasteiger partial charge in [0, 0.05) is 0 Å². The van der Waals surface area contributed by atoms with E-state index >= 15 is 0 Å². The molecular weight excluding hydrogens is 145 g/mol. The average Bonchev–Trinajstić information content (AvgIpc) is 1.30. The summed E-state index contributed by atoms with van der Waals surface area (Å²) in [5.74, 6) is 7.12. The van der Waals surface area contributed by atoms with Crippen LogP contribution in [0.4, 0.5) is 0 Å². The van der Waals surface area contributed by atoms with Crippen molar-refractivity contribution in [2.45, 2.75) is 24.2 Å². The van der Waals surface area contributed by atoms with Crippen LogP contribution in [0.15, 0.2) is 11.0 Å². The molecule has 0 rings (SSSR count). The molecule has 0 nitrogen and oxygen atoms in total. The molecule has 0 atom stereocenters. The maximum absolute atomic E-state index is 2.38. The fraction of sp³-hybridized carbons (Fsp3) is 0.667. The van der Waals surface area contributed by atoms with E-state index in [9.17, 15) is 0 Å². The fourth-order valence-corrected chi connectivity index (χ4v) is 2.60. The van der Waals surface area contributed by atoms with Crippen molar-refractivity contribution in [2.75, 3.05) is 0 Å². The van der Waals surface area contributed by atoms with E-state index < -0.39 is 13.3 Å². The minimum absolute atomic E-state index is 1.26. The Hall–Kier alpha value is 0.283. The Morgan fingerprint density at radius 1 is 1.14 bits per heavy atom. The van der Waals surface area contributed by atoms with Crippen LogP contribution in [0.5, 0.6) is 0 Å². The molecule has 0 spiro atoms. The van der Waals surface area contributed by atoms with E-state index in [-0.39, 0.29) is 0 Å². The van der Waals surface area contributed by atoms with Crippen molar-refractivity contribution in [1.82, 2.24) is 0 Å². The molecule has 0 saturated heterocycles. The monoisotopic (exact) mass is 160 g/mol. The van der Waals surface area contributed by atoms with E-state index in [2.05, 4.69) is 35.2 Å². The first-order chi connectivity index (χ1) is 3.06. The van der Waals surface area contributed by atoms with Crippen LogP contribution in [0.3, 0.4) is 0 Å². The Bertz CT molecular complexity index is 66.7. The second kappa shape index (κ2) is 2.56. The second-order valence-electron chi connectivity index (χ2n) is 2.87. The molecule has 0 aromatic rings. The molecule has 0 fully saturated rings. The van der Waals surface area contributed by atoms with Crippen molar-refractivity contribution in [3.8, 4) is 0 Å². The van der Waals surface area contributed by atoms with Crippen molar-refractivity contribution in [3.63, 3.8) is 0 Å². The maximum atomic E-state index is 2.38. The van der Waals surface area contributed by atoms with Crippen LogP contribution in [0.25, 0.3) is 0 Å². The second-order valence-corrected chi connectivity index (χ2v) is 13.5. The quantitative estimate of drug-likeness (QED) is 0.515. The number of hydrogen-bond acceptors (Lipinski definition) is 0. The van der Waals surface area contributed by atoms with E-state index in [4.69, 9.17) is 0 Å². The van der Waals surface area contributed by atoms with Crippen LogP contribution in [0.2, 0.25) is 17.3 Å². The molecule has 0 aliphatic heterocycles. The molecule has 1 heteroatoms. The summed E-state index contributed by atoms with van der Waals surface area (Å²) in [6, 6.07) is 0. The van der Waals surface area contributed by atoms with Gasteiger partial charge in [0.05, 0.1) is 0 Å². The van der Waals surface area contributed by atoms with Crippen molar-refractivity contribution in [3.05, 3.63) is 11.0 Å². The summed E-state index contributed by atoms with van der Waals surface area (Å²) in [7, 11) is 0. The standard InChI is InChI=1S/C6H14Ge/c1-5-6-7(2,3)4/h5-6H,1-4H3/b6-5+. The van der Waals surface area contributed by atoms with Crippen molar-refractivity contribution in [2.24, 2.45) is 0 Å². The van der Waals surface area contributed by atoms with Crippen molar-refractivity contribution in [1.29, 1.82) is 0 Å². The SMILES string of the molecule is C/C=[CH]/[Ge]([CH3])([CH3])[CH3]. The summed E-state index contributed by atoms with van der Waals surface area (Å²) < 4.78 is 0. The summed E-state index contributed by atoms with van der Waals surface area (Å²) in [4.78, 5) is 2.38. The van der Waals surface area contributed by atoms with E-state index in [1.807, 2.05) is 0 Å². The van der Waals surface area contributed by atoms with Crippen LogP contribution in [-0.2, 0) is 0 Å². The van der Waals surface area contributed by atoms with Gasteiger partial charge in [-0.1, -0.05) is 0 Å². The third-order valence-corrected chi connectivity index (χ3v) is 3.46. The molecule has 0 N–H and O–H groups in total. The van der Waals surface area contributed by atoms with Gasteiger partial charge in [0.2, 0.25) is 0 Å². The molecule has 0 heterocycles. The van der Waals surface area contributed by atoms with E-state index in [1.165, 1.54) is 0 Å². The molecule has 0 aromatic heterocycles. The van der Waals surface area contributed by atoms with Gasteiger partial charge in [-0.05, 0) is 0 Å². The van der Waals surface area contributed by atoms with E-state index in [0.29, 0.717) is 0 Å². The average molecular weight is 159 g/mol. The third kappa shape index (κ3) is 6.28. The van der Waals surface area contributed by atoms with Gasteiger partial charge >= 0.3 is 48.4 Å². The Morgan fingerprint density at radius 2 is 1.57 bits per heavy atom. The van der Waals surface area contributed by atoms with Crippen LogP contribution >= 0.6 is 0 Å². The number of rotatable bonds is 1. The molecule has 0 radical (unpaired) electrons. The molecule has 0 aromatic carbocycles. The van der Waals surface area contributed by atoms with Crippen molar-refractivity contribution < 1.29 is 0 Å². The van der Waals surface area contributed by atoms with E-state index in [0.717, 1.165) is 0 Å². The summed E-state index contributed by atoms with van der Waals surface area (Å²) in [6.45, 7) is 2.09. The van der Waals surface area contributed by atoms with Crippen LogP contribution in [-0.4, -0.2) is 13.3 Å². The van der Waals surface area contributed by atoms with Gasteiger partial charge in [0.25, 0.3) is 0 Å². The Morgan fingerprint density at radius 3 is 1.57 bits per heavy atom. The number of hydrogen-bond donors (Lipinski definition) is 0. The van der Waals surface area contributed by atoms with Gasteiger partial charge in [0.15, 0.2) is 0 Å². The molecule has 0 bridgehead atoms. The van der Waals surface area contributed by atoms with Crippen molar-refractivity contribution >= 4 is 13.3 Å². The molecule has 42 valence electrons. The molecule has 7 heavy (non-hydrogen) atoms. The third-order valence-electron chi connectivity index (χ3n) is 0.667. The molecular formula is C6H14Ge. The summed E-state index contributed by atoms with van der Waals surface area (Å²) in [6.07, 6.45) is 2.17. The molecule has 0 aliphatic rings. The fourth-order valence-electron chi connectivity index (χ4n) is 0.500. The van der Waals surface area contributed by atoms with Gasteiger partial charge in [-0.25, -0.2) is 0 Å². The van der Waals surface area contributed by atoms with Gasteiger partial charge in [-0.3, -0.25) is 0 Å². The summed E-state index contributed by atoms with van der Waals surface area (Å²) >= 11 is -1.26. The zero-order chi connectivity index (χ0) is 5.91. The predicted molar refractivity (Wildman–Crippen MR) is 38.2 cm³/mol. The normalized spacial score (nSPS) is 13.1. The molecule has 0 aliphatic carbocycles. The van der Waals surface area contributed by atoms with Gasteiger partial charge in [-0.2, -0.15) is 0 Å². The molecule has 0 saturated carbocycles. The topological polar surface area (TPSA) is 0 Å². The zero-order valence-electron chi connectivity index (χ0n) is 5.65. The molecule has 0 unspecified atom stereocenters. The first-order valence-corrected chi connectivity index (χ1v) is 10.2. The predicted octanol–water partition coefficient (Wildman–Crippen LogP) is 2.44. The zero-order valence-corrected chi connectivity index (χ0v) is 7.75. The Kier molecular flexibility index (Phi) is 2.66. The van der Waals surface area contributed by atoms with E-state index in [1.54, 1.807) is 0 Å². The summed E-state index contributed by atoms with van der Waals surface area (Å²) in [5, 5.41) is 0. The summed E-state index contributed by atoms with van der Waals surface area (Å²) in [5.41, 5.74) is 0. The first-order valence-electron chi connectivity index (χ1n) is 2.70. The Labute approximate surface area is 49.0 Å². The van der Waals surface area contributed by atoms with Gasteiger partial charge < -0.3 is 0 Å². The number of allylic oxidation sites excluding steroid dienone is 1. The Balaban J connectivity index is 3.56. The first kappa shape index (κ1) is 7.28. The molecule has 0 amide bonds. The van der Waals surface area contributed by atoms with Crippen LogP contribution < -0.4 is 0 Å². The van der Waals surface area contributed by atoms with Crippen LogP contribution in [0.1, 0.15) is 6.92 Å². The minimum atomic E-state index is -1.26. The van der Waals surface area contributed by atoms with Gasteiger partial charge in [0.1, 0.15) is 0 Å². The van der Waals surface area contributed by atoms with Crippen LogP contribution in [0, 0.1) is 0 Å². The van der Waals surface area contributed by atoms with Gasteiger partial charge in [-0.15, -0.1) is 0 Å².